The van der Waals surface area contributed by atoms with Crippen molar-refractivity contribution in [3.05, 3.63) is 23.5 Å². The molecular weight excluding hydrogens is 185 g/mol. The first-order valence-corrected chi connectivity index (χ1v) is 3.57. The van der Waals surface area contributed by atoms with Crippen LogP contribution < -0.4 is 5.73 Å². The van der Waals surface area contributed by atoms with Crippen molar-refractivity contribution < 1.29 is 18.3 Å². The van der Waals surface area contributed by atoms with Crippen LogP contribution in [0.4, 0.5) is 13.2 Å². The van der Waals surface area contributed by atoms with Crippen molar-refractivity contribution in [1.29, 1.82) is 0 Å². The number of halogens is 3. The molecule has 0 aliphatic heterocycles. The van der Waals surface area contributed by atoms with Crippen LogP contribution in [0.2, 0.25) is 0 Å². The number of nitrogens with one attached hydrogen (secondary N) is 1. The van der Waals surface area contributed by atoms with Crippen LogP contribution in [0.15, 0.2) is 12.1 Å². The molecular formula is C7H9F3N2O. The Labute approximate surface area is 72.4 Å². The third kappa shape index (κ3) is 2.22. The number of nitrogens with two attached hydrogens (primary N) is 1. The van der Waals surface area contributed by atoms with E-state index in [1.165, 1.54) is 6.07 Å². The molecule has 0 radical (unpaired) electrons. The van der Waals surface area contributed by atoms with Gasteiger partial charge < -0.3 is 15.8 Å². The zero-order valence-corrected chi connectivity index (χ0v) is 6.60. The van der Waals surface area contributed by atoms with Gasteiger partial charge in [-0.1, -0.05) is 0 Å². The molecule has 0 bridgehead atoms. The Hall–Kier alpha value is -1.01. The first-order chi connectivity index (χ1) is 5.95. The van der Waals surface area contributed by atoms with Gasteiger partial charge in [0.15, 0.2) is 0 Å². The van der Waals surface area contributed by atoms with Crippen LogP contribution in [0.25, 0.3) is 0 Å². The maximum absolute atomic E-state index is 12.0. The summed E-state index contributed by atoms with van der Waals surface area (Å²) in [5.41, 5.74) is 4.62. The van der Waals surface area contributed by atoms with Gasteiger partial charge in [0.2, 0.25) is 0 Å². The molecule has 1 atom stereocenters. The standard InChI is InChI=1S/C7H9F3N2O/c8-7(9,10)6-2-1-5(12-6)4(11)3-13/h1-2,4,12-13H,3,11H2/t4-/m0/s1. The number of aromatic nitrogens is 1. The molecule has 0 fully saturated rings. The molecule has 0 saturated heterocycles. The number of alkyl halides is 3. The SMILES string of the molecule is N[C@@H](CO)c1ccc(C(F)(F)F)[nH]1. The topological polar surface area (TPSA) is 62.0 Å². The number of rotatable bonds is 2. The molecule has 1 heterocycles. The van der Waals surface area contributed by atoms with Crippen LogP contribution >= 0.6 is 0 Å². The monoisotopic (exact) mass is 194 g/mol. The first kappa shape index (κ1) is 10.1. The van der Waals surface area contributed by atoms with Gasteiger partial charge in [-0.3, -0.25) is 0 Å². The van der Waals surface area contributed by atoms with Gasteiger partial charge in [-0.15, -0.1) is 0 Å². The summed E-state index contributed by atoms with van der Waals surface area (Å²) in [6, 6.07) is 1.31. The van der Waals surface area contributed by atoms with Crippen molar-refractivity contribution in [3.8, 4) is 0 Å². The summed E-state index contributed by atoms with van der Waals surface area (Å²) < 4.78 is 36.1. The van der Waals surface area contributed by atoms with E-state index >= 15 is 0 Å². The smallest absolute Gasteiger partial charge is 0.394 e. The van der Waals surface area contributed by atoms with Gasteiger partial charge >= 0.3 is 6.18 Å². The molecule has 1 rings (SSSR count). The normalized spacial score (nSPS) is 14.5. The van der Waals surface area contributed by atoms with E-state index in [4.69, 9.17) is 10.8 Å². The second kappa shape index (κ2) is 3.39. The van der Waals surface area contributed by atoms with E-state index in [1.54, 1.807) is 0 Å². The van der Waals surface area contributed by atoms with Crippen molar-refractivity contribution in [3.63, 3.8) is 0 Å². The van der Waals surface area contributed by atoms with Crippen molar-refractivity contribution >= 4 is 0 Å². The van der Waals surface area contributed by atoms with E-state index in [0.717, 1.165) is 6.07 Å². The second-order valence-corrected chi connectivity index (χ2v) is 2.61. The lowest BCUT2D eigenvalue weighted by Crippen LogP contribution is -2.15. The average molecular weight is 194 g/mol. The Morgan fingerprint density at radius 2 is 2.08 bits per heavy atom. The van der Waals surface area contributed by atoms with Gasteiger partial charge in [0.05, 0.1) is 12.6 Å². The van der Waals surface area contributed by atoms with E-state index in [0.29, 0.717) is 0 Å². The Morgan fingerprint density at radius 1 is 1.46 bits per heavy atom. The van der Waals surface area contributed by atoms with E-state index in [-0.39, 0.29) is 5.69 Å². The van der Waals surface area contributed by atoms with E-state index < -0.39 is 24.5 Å². The maximum Gasteiger partial charge on any atom is 0.431 e. The highest BCUT2D eigenvalue weighted by atomic mass is 19.4. The fourth-order valence-corrected chi connectivity index (χ4v) is 0.892. The summed E-state index contributed by atoms with van der Waals surface area (Å²) in [6.45, 7) is -0.391. The highest BCUT2D eigenvalue weighted by Gasteiger charge is 2.32. The van der Waals surface area contributed by atoms with E-state index in [2.05, 4.69) is 4.98 Å². The predicted octanol–water partition coefficient (Wildman–Crippen LogP) is 1.03. The molecule has 3 nitrogen and oxygen atoms in total. The van der Waals surface area contributed by atoms with Gasteiger partial charge in [-0.2, -0.15) is 13.2 Å². The molecule has 1 aromatic heterocycles. The van der Waals surface area contributed by atoms with Crippen LogP contribution in [0.3, 0.4) is 0 Å². The largest absolute Gasteiger partial charge is 0.431 e. The van der Waals surface area contributed by atoms with Crippen LogP contribution in [0, 0.1) is 0 Å². The summed E-state index contributed by atoms with van der Waals surface area (Å²) in [5, 5.41) is 8.57. The Kier molecular flexibility index (Phi) is 2.63. The van der Waals surface area contributed by atoms with Crippen molar-refractivity contribution in [2.45, 2.75) is 12.2 Å². The lowest BCUT2D eigenvalue weighted by molar-refractivity contribution is -0.140. The third-order valence-corrected chi connectivity index (χ3v) is 1.61. The summed E-state index contributed by atoms with van der Waals surface area (Å²) >= 11 is 0. The zero-order valence-electron chi connectivity index (χ0n) is 6.60. The Morgan fingerprint density at radius 3 is 2.46 bits per heavy atom. The van der Waals surface area contributed by atoms with Crippen LogP contribution in [0.1, 0.15) is 17.4 Å². The van der Waals surface area contributed by atoms with Gasteiger partial charge in [-0.05, 0) is 12.1 Å². The molecule has 0 amide bonds. The zero-order chi connectivity index (χ0) is 10.1. The number of aromatic amines is 1. The molecule has 1 aromatic rings. The fraction of sp³-hybridized carbons (Fsp3) is 0.429. The molecule has 74 valence electrons. The molecule has 0 aromatic carbocycles. The Bertz CT molecular complexity index is 282. The minimum atomic E-state index is -4.40. The number of aliphatic hydroxyl groups is 1. The number of H-pyrrole nitrogens is 1. The summed E-state index contributed by atoms with van der Waals surface area (Å²) in [7, 11) is 0. The molecule has 0 unspecified atom stereocenters. The average Bonchev–Trinajstić information content (AvgIpc) is 2.50. The van der Waals surface area contributed by atoms with Crippen LogP contribution in [0.5, 0.6) is 0 Å². The minimum Gasteiger partial charge on any atom is -0.394 e. The summed E-state index contributed by atoms with van der Waals surface area (Å²) in [4.78, 5) is 2.09. The predicted molar refractivity (Wildman–Crippen MR) is 39.8 cm³/mol. The minimum absolute atomic E-state index is 0.176. The highest BCUT2D eigenvalue weighted by molar-refractivity contribution is 5.18. The van der Waals surface area contributed by atoms with Gasteiger partial charge in [0, 0.05) is 5.69 Å². The highest BCUT2D eigenvalue weighted by Crippen LogP contribution is 2.28. The second-order valence-electron chi connectivity index (χ2n) is 2.61. The molecule has 0 saturated carbocycles. The first-order valence-electron chi connectivity index (χ1n) is 3.57. The molecule has 4 N–H and O–H groups in total. The van der Waals surface area contributed by atoms with Crippen molar-refractivity contribution in [1.82, 2.24) is 4.98 Å². The lowest BCUT2D eigenvalue weighted by atomic mass is 10.2. The number of aliphatic hydroxyl groups excluding tert-OH is 1. The number of hydrogen-bond acceptors (Lipinski definition) is 2. The van der Waals surface area contributed by atoms with Gasteiger partial charge in [-0.25, -0.2) is 0 Å². The quantitative estimate of drug-likeness (QED) is 0.658. The van der Waals surface area contributed by atoms with Gasteiger partial charge in [0.25, 0.3) is 0 Å². The lowest BCUT2D eigenvalue weighted by Gasteiger charge is -2.06. The van der Waals surface area contributed by atoms with E-state index in [1.807, 2.05) is 0 Å². The molecule has 0 aliphatic rings. The summed E-state index contributed by atoms with van der Waals surface area (Å²) in [6.07, 6.45) is -4.40. The number of hydrogen-bond donors (Lipinski definition) is 3. The fourth-order valence-electron chi connectivity index (χ4n) is 0.892. The maximum atomic E-state index is 12.0. The van der Waals surface area contributed by atoms with Crippen molar-refractivity contribution in [2.24, 2.45) is 5.73 Å². The van der Waals surface area contributed by atoms with Crippen LogP contribution in [-0.2, 0) is 6.18 Å². The molecule has 0 spiro atoms. The van der Waals surface area contributed by atoms with Crippen molar-refractivity contribution in [2.75, 3.05) is 6.61 Å². The molecule has 0 aliphatic carbocycles. The summed E-state index contributed by atoms with van der Waals surface area (Å²) in [5.74, 6) is 0. The Balaban J connectivity index is 2.87. The third-order valence-electron chi connectivity index (χ3n) is 1.61. The van der Waals surface area contributed by atoms with E-state index in [9.17, 15) is 13.2 Å². The molecule has 13 heavy (non-hydrogen) atoms. The molecule has 6 heteroatoms. The van der Waals surface area contributed by atoms with Crippen LogP contribution in [-0.4, -0.2) is 16.7 Å². The van der Waals surface area contributed by atoms with Gasteiger partial charge in [0.1, 0.15) is 5.69 Å².